The third kappa shape index (κ3) is 1.88. The van der Waals surface area contributed by atoms with E-state index in [0.29, 0.717) is 25.2 Å². The molecule has 1 saturated heterocycles. The monoisotopic (exact) mass is 213 g/mol. The highest BCUT2D eigenvalue weighted by atomic mass is 16.5. The number of hydrogen-bond donors (Lipinski definition) is 1. The van der Waals surface area contributed by atoms with E-state index >= 15 is 0 Å². The molecule has 15 heavy (non-hydrogen) atoms. The maximum absolute atomic E-state index is 11.1. The number of carboxylic acid groups (broad SMARTS) is 1. The third-order valence-corrected chi connectivity index (χ3v) is 4.00. The van der Waals surface area contributed by atoms with E-state index in [0.717, 1.165) is 18.9 Å². The van der Waals surface area contributed by atoms with Crippen molar-refractivity contribution < 1.29 is 14.6 Å². The number of hydrogen-bond acceptors (Lipinski definition) is 3. The first-order valence-corrected chi connectivity index (χ1v) is 5.67. The van der Waals surface area contributed by atoms with E-state index in [1.807, 2.05) is 0 Å². The fourth-order valence-corrected chi connectivity index (χ4v) is 2.66. The molecule has 1 N–H and O–H groups in total. The van der Waals surface area contributed by atoms with Gasteiger partial charge in [0.05, 0.1) is 13.2 Å². The van der Waals surface area contributed by atoms with E-state index in [4.69, 9.17) is 9.84 Å². The Morgan fingerprint density at radius 1 is 1.47 bits per heavy atom. The Morgan fingerprint density at radius 3 is 2.73 bits per heavy atom. The quantitative estimate of drug-likeness (QED) is 0.737. The molecular formula is C11H19NO3. The predicted molar refractivity (Wildman–Crippen MR) is 55.7 cm³/mol. The van der Waals surface area contributed by atoms with Gasteiger partial charge in [0.25, 0.3) is 0 Å². The maximum atomic E-state index is 11.1. The van der Waals surface area contributed by atoms with Crippen LogP contribution < -0.4 is 0 Å². The van der Waals surface area contributed by atoms with Crippen molar-refractivity contribution in [2.24, 2.45) is 11.8 Å². The molecule has 4 nitrogen and oxygen atoms in total. The van der Waals surface area contributed by atoms with Gasteiger partial charge in [0.2, 0.25) is 0 Å². The molecule has 4 unspecified atom stereocenters. The van der Waals surface area contributed by atoms with Crippen molar-refractivity contribution in [2.45, 2.75) is 32.4 Å². The second kappa shape index (κ2) is 4.10. The molecule has 0 aromatic heterocycles. The summed E-state index contributed by atoms with van der Waals surface area (Å²) in [6, 6.07) is 0.0173. The average Bonchev–Trinajstić information content (AvgIpc) is 2.25. The van der Waals surface area contributed by atoms with Crippen LogP contribution in [0.2, 0.25) is 0 Å². The van der Waals surface area contributed by atoms with E-state index in [2.05, 4.69) is 18.7 Å². The summed E-state index contributed by atoms with van der Waals surface area (Å²) < 4.78 is 5.23. The SMILES string of the molecule is CC1CC(N2CCOCC2C(=O)O)C1C. The number of morpholine rings is 1. The Morgan fingerprint density at radius 2 is 2.20 bits per heavy atom. The van der Waals surface area contributed by atoms with Gasteiger partial charge in [-0.25, -0.2) is 0 Å². The van der Waals surface area contributed by atoms with E-state index in [-0.39, 0.29) is 0 Å². The van der Waals surface area contributed by atoms with Crippen molar-refractivity contribution in [2.75, 3.05) is 19.8 Å². The summed E-state index contributed by atoms with van der Waals surface area (Å²) in [5.74, 6) is 0.596. The lowest BCUT2D eigenvalue weighted by atomic mass is 9.70. The van der Waals surface area contributed by atoms with Crippen LogP contribution >= 0.6 is 0 Å². The fourth-order valence-electron chi connectivity index (χ4n) is 2.66. The molecule has 0 aromatic rings. The van der Waals surface area contributed by atoms with Crippen LogP contribution in [0.4, 0.5) is 0 Å². The van der Waals surface area contributed by atoms with Gasteiger partial charge in [0.1, 0.15) is 6.04 Å². The molecule has 2 fully saturated rings. The summed E-state index contributed by atoms with van der Waals surface area (Å²) in [6.45, 7) is 6.22. The minimum absolute atomic E-state index is 0.340. The zero-order chi connectivity index (χ0) is 11.0. The number of carboxylic acids is 1. The van der Waals surface area contributed by atoms with Gasteiger partial charge < -0.3 is 9.84 Å². The maximum Gasteiger partial charge on any atom is 0.323 e. The average molecular weight is 213 g/mol. The van der Waals surface area contributed by atoms with E-state index in [1.165, 1.54) is 0 Å². The molecule has 4 atom stereocenters. The number of carbonyl (C=O) groups is 1. The molecule has 1 heterocycles. The zero-order valence-corrected chi connectivity index (χ0v) is 9.35. The first-order valence-electron chi connectivity index (χ1n) is 5.67. The molecule has 0 radical (unpaired) electrons. The molecule has 0 spiro atoms. The molecular weight excluding hydrogens is 194 g/mol. The van der Waals surface area contributed by atoms with Crippen molar-refractivity contribution in [1.29, 1.82) is 0 Å². The summed E-state index contributed by atoms with van der Waals surface area (Å²) in [6.07, 6.45) is 1.13. The lowest BCUT2D eigenvalue weighted by Gasteiger charge is -2.50. The van der Waals surface area contributed by atoms with E-state index in [9.17, 15) is 4.79 Å². The van der Waals surface area contributed by atoms with Gasteiger partial charge in [0.15, 0.2) is 0 Å². The van der Waals surface area contributed by atoms with Crippen LogP contribution in [0, 0.1) is 11.8 Å². The molecule has 2 rings (SSSR count). The summed E-state index contributed by atoms with van der Waals surface area (Å²) in [4.78, 5) is 13.2. The molecule has 4 heteroatoms. The highest BCUT2D eigenvalue weighted by Gasteiger charge is 2.43. The van der Waals surface area contributed by atoms with Crippen molar-refractivity contribution in [3.05, 3.63) is 0 Å². The number of ether oxygens (including phenoxy) is 1. The molecule has 1 aliphatic heterocycles. The highest BCUT2D eigenvalue weighted by molar-refractivity contribution is 5.73. The minimum atomic E-state index is -0.749. The van der Waals surface area contributed by atoms with Gasteiger partial charge >= 0.3 is 5.97 Å². The molecule has 1 aliphatic carbocycles. The number of aliphatic carboxylic acids is 1. The third-order valence-electron chi connectivity index (χ3n) is 4.00. The van der Waals surface area contributed by atoms with Crippen LogP contribution in [0.25, 0.3) is 0 Å². The lowest BCUT2D eigenvalue weighted by molar-refractivity contribution is -0.156. The Hall–Kier alpha value is -0.610. The van der Waals surface area contributed by atoms with Gasteiger partial charge in [-0.15, -0.1) is 0 Å². The summed E-state index contributed by atoms with van der Waals surface area (Å²) in [5.41, 5.74) is 0. The first kappa shape index (κ1) is 10.9. The molecule has 0 bridgehead atoms. The Bertz CT molecular complexity index is 256. The Balaban J connectivity index is 2.02. The largest absolute Gasteiger partial charge is 0.480 e. The van der Waals surface area contributed by atoms with Gasteiger partial charge in [-0.3, -0.25) is 9.69 Å². The predicted octanol–water partition coefficient (Wildman–Crippen LogP) is 0.816. The minimum Gasteiger partial charge on any atom is -0.480 e. The van der Waals surface area contributed by atoms with Crippen LogP contribution in [-0.2, 0) is 9.53 Å². The van der Waals surface area contributed by atoms with Gasteiger partial charge in [0, 0.05) is 12.6 Å². The van der Waals surface area contributed by atoms with Crippen LogP contribution in [0.15, 0.2) is 0 Å². The van der Waals surface area contributed by atoms with Crippen LogP contribution in [-0.4, -0.2) is 47.8 Å². The summed E-state index contributed by atoms with van der Waals surface area (Å²) >= 11 is 0. The van der Waals surface area contributed by atoms with Gasteiger partial charge in [-0.1, -0.05) is 13.8 Å². The van der Waals surface area contributed by atoms with Crippen molar-refractivity contribution >= 4 is 5.97 Å². The second-order valence-electron chi connectivity index (χ2n) is 4.81. The lowest BCUT2D eigenvalue weighted by Crippen LogP contribution is -2.60. The van der Waals surface area contributed by atoms with Crippen molar-refractivity contribution in [3.63, 3.8) is 0 Å². The fraction of sp³-hybridized carbons (Fsp3) is 0.909. The molecule has 86 valence electrons. The standard InChI is InChI=1S/C11H19NO3/c1-7-5-9(8(7)2)12-3-4-15-6-10(12)11(13)14/h7-10H,3-6H2,1-2H3,(H,13,14). The van der Waals surface area contributed by atoms with E-state index in [1.54, 1.807) is 0 Å². The second-order valence-corrected chi connectivity index (χ2v) is 4.81. The number of rotatable bonds is 2. The molecule has 1 saturated carbocycles. The molecule has 2 aliphatic rings. The Kier molecular flexibility index (Phi) is 2.98. The highest BCUT2D eigenvalue weighted by Crippen LogP contribution is 2.38. The van der Waals surface area contributed by atoms with E-state index < -0.39 is 12.0 Å². The van der Waals surface area contributed by atoms with Gasteiger partial charge in [-0.2, -0.15) is 0 Å². The van der Waals surface area contributed by atoms with Crippen LogP contribution in [0.5, 0.6) is 0 Å². The Labute approximate surface area is 90.2 Å². The molecule has 0 amide bonds. The van der Waals surface area contributed by atoms with Crippen molar-refractivity contribution in [1.82, 2.24) is 4.90 Å². The van der Waals surface area contributed by atoms with Crippen LogP contribution in [0.1, 0.15) is 20.3 Å². The normalized spacial score (nSPS) is 42.3. The van der Waals surface area contributed by atoms with Gasteiger partial charge in [-0.05, 0) is 18.3 Å². The van der Waals surface area contributed by atoms with Crippen LogP contribution in [0.3, 0.4) is 0 Å². The summed E-state index contributed by atoms with van der Waals surface area (Å²) in [7, 11) is 0. The first-order chi connectivity index (χ1) is 7.11. The smallest absolute Gasteiger partial charge is 0.323 e. The summed E-state index contributed by atoms with van der Waals surface area (Å²) in [5, 5.41) is 9.11. The topological polar surface area (TPSA) is 49.8 Å². The molecule has 0 aromatic carbocycles. The van der Waals surface area contributed by atoms with Crippen molar-refractivity contribution in [3.8, 4) is 0 Å². The number of nitrogens with zero attached hydrogens (tertiary/aromatic N) is 1. The zero-order valence-electron chi connectivity index (χ0n) is 9.35.